The first-order chi connectivity index (χ1) is 12.8. The Labute approximate surface area is 149 Å². The predicted octanol–water partition coefficient (Wildman–Crippen LogP) is 3.14. The fourth-order valence-electron chi connectivity index (χ4n) is 3.47. The van der Waals surface area contributed by atoms with Gasteiger partial charge >= 0.3 is 0 Å². The molecule has 0 saturated heterocycles. The van der Waals surface area contributed by atoms with E-state index in [2.05, 4.69) is 24.5 Å². The third-order valence-corrected chi connectivity index (χ3v) is 4.78. The van der Waals surface area contributed by atoms with E-state index in [0.717, 1.165) is 48.8 Å². The monoisotopic (exact) mass is 348 g/mol. The average molecular weight is 348 g/mol. The van der Waals surface area contributed by atoms with Crippen LogP contribution in [0.5, 0.6) is 0 Å². The number of hydrogen-bond donors (Lipinski definition) is 0. The van der Waals surface area contributed by atoms with Gasteiger partial charge in [-0.2, -0.15) is 9.61 Å². The molecule has 0 amide bonds. The molecule has 3 aromatic heterocycles. The molecule has 7 heteroatoms. The smallest absolute Gasteiger partial charge is 0.157 e. The number of halogens is 1. The standard InChI is InChI=1S/C19H17FN6/c20-15-4-2-14(3-5-15)17-10-19(26-18(23-17)6-7-22-26)24-8-1-9-25-13-21-11-16(25)12-24/h2-7,10-11,13H,1,8-9,12H2. The van der Waals surface area contributed by atoms with Gasteiger partial charge in [-0.15, -0.1) is 0 Å². The molecule has 0 spiro atoms. The summed E-state index contributed by atoms with van der Waals surface area (Å²) in [6.45, 7) is 2.65. The van der Waals surface area contributed by atoms with E-state index < -0.39 is 0 Å². The van der Waals surface area contributed by atoms with E-state index in [0.29, 0.717) is 0 Å². The SMILES string of the molecule is Fc1ccc(-c2cc(N3CCCn4cncc4C3)n3nccc3n2)cc1. The molecule has 0 N–H and O–H groups in total. The van der Waals surface area contributed by atoms with Crippen LogP contribution in [-0.2, 0) is 13.1 Å². The molecule has 0 unspecified atom stereocenters. The minimum atomic E-state index is -0.250. The van der Waals surface area contributed by atoms with E-state index in [4.69, 9.17) is 0 Å². The van der Waals surface area contributed by atoms with Crippen molar-refractivity contribution in [2.75, 3.05) is 11.4 Å². The van der Waals surface area contributed by atoms with Crippen LogP contribution >= 0.6 is 0 Å². The zero-order valence-electron chi connectivity index (χ0n) is 14.1. The largest absolute Gasteiger partial charge is 0.350 e. The van der Waals surface area contributed by atoms with Crippen molar-refractivity contribution in [2.45, 2.75) is 19.5 Å². The summed E-state index contributed by atoms with van der Waals surface area (Å²) in [7, 11) is 0. The van der Waals surface area contributed by atoms with Gasteiger partial charge in [-0.25, -0.2) is 14.4 Å². The Morgan fingerprint density at radius 2 is 1.92 bits per heavy atom. The number of rotatable bonds is 2. The number of anilines is 1. The van der Waals surface area contributed by atoms with Gasteiger partial charge in [-0.1, -0.05) is 0 Å². The van der Waals surface area contributed by atoms with Crippen molar-refractivity contribution in [1.82, 2.24) is 24.1 Å². The maximum Gasteiger partial charge on any atom is 0.157 e. The number of fused-ring (bicyclic) bond motifs is 2. The summed E-state index contributed by atoms with van der Waals surface area (Å²) < 4.78 is 17.3. The lowest BCUT2D eigenvalue weighted by Gasteiger charge is -2.23. The van der Waals surface area contributed by atoms with Crippen molar-refractivity contribution < 1.29 is 4.39 Å². The molecule has 4 aromatic rings. The summed E-state index contributed by atoms with van der Waals surface area (Å²) in [6, 6.07) is 10.3. The van der Waals surface area contributed by atoms with Crippen molar-refractivity contribution in [2.24, 2.45) is 0 Å². The van der Waals surface area contributed by atoms with Gasteiger partial charge in [0.1, 0.15) is 11.6 Å². The van der Waals surface area contributed by atoms with Gasteiger partial charge in [0.2, 0.25) is 0 Å². The van der Waals surface area contributed by atoms with E-state index in [1.165, 1.54) is 17.8 Å². The molecule has 26 heavy (non-hydrogen) atoms. The first-order valence-corrected chi connectivity index (χ1v) is 8.63. The molecule has 6 nitrogen and oxygen atoms in total. The second kappa shape index (κ2) is 5.94. The van der Waals surface area contributed by atoms with E-state index >= 15 is 0 Å². The molecule has 0 atom stereocenters. The van der Waals surface area contributed by atoms with Crippen LogP contribution in [0.25, 0.3) is 16.9 Å². The first kappa shape index (κ1) is 15.1. The highest BCUT2D eigenvalue weighted by atomic mass is 19.1. The second-order valence-electron chi connectivity index (χ2n) is 6.46. The lowest BCUT2D eigenvalue weighted by atomic mass is 10.1. The number of imidazole rings is 1. The van der Waals surface area contributed by atoms with E-state index in [1.807, 2.05) is 29.2 Å². The van der Waals surface area contributed by atoms with Crippen molar-refractivity contribution in [3.05, 3.63) is 66.6 Å². The molecule has 4 heterocycles. The molecule has 1 aliphatic rings. The zero-order valence-corrected chi connectivity index (χ0v) is 14.1. The van der Waals surface area contributed by atoms with Crippen LogP contribution in [-0.4, -0.2) is 30.7 Å². The van der Waals surface area contributed by atoms with Crippen LogP contribution in [0.3, 0.4) is 0 Å². The quantitative estimate of drug-likeness (QED) is 0.558. The van der Waals surface area contributed by atoms with Gasteiger partial charge in [-0.3, -0.25) is 0 Å². The Morgan fingerprint density at radius 1 is 1.04 bits per heavy atom. The van der Waals surface area contributed by atoms with E-state index in [-0.39, 0.29) is 5.82 Å². The van der Waals surface area contributed by atoms with Gasteiger partial charge in [0.05, 0.1) is 30.5 Å². The third kappa shape index (κ3) is 2.52. The highest BCUT2D eigenvalue weighted by molar-refractivity contribution is 5.67. The van der Waals surface area contributed by atoms with Crippen LogP contribution in [0.4, 0.5) is 10.2 Å². The van der Waals surface area contributed by atoms with Crippen molar-refractivity contribution in [1.29, 1.82) is 0 Å². The lowest BCUT2D eigenvalue weighted by Crippen LogP contribution is -2.25. The molecule has 0 fully saturated rings. The molecule has 5 rings (SSSR count). The Balaban J connectivity index is 1.62. The summed E-state index contributed by atoms with van der Waals surface area (Å²) in [5.41, 5.74) is 3.66. The number of benzene rings is 1. The molecule has 0 bridgehead atoms. The van der Waals surface area contributed by atoms with Gasteiger partial charge in [0.15, 0.2) is 5.65 Å². The maximum absolute atomic E-state index is 13.3. The molecular weight excluding hydrogens is 331 g/mol. The summed E-state index contributed by atoms with van der Waals surface area (Å²) in [5, 5.41) is 4.45. The summed E-state index contributed by atoms with van der Waals surface area (Å²) in [4.78, 5) is 11.2. The fraction of sp³-hybridized carbons (Fsp3) is 0.211. The molecule has 0 saturated carbocycles. The molecular formula is C19H17FN6. The Hall–Kier alpha value is -3.22. The van der Waals surface area contributed by atoms with Crippen molar-refractivity contribution in [3.63, 3.8) is 0 Å². The minimum absolute atomic E-state index is 0.250. The fourth-order valence-corrected chi connectivity index (χ4v) is 3.47. The van der Waals surface area contributed by atoms with Crippen LogP contribution in [0.1, 0.15) is 12.1 Å². The number of aryl methyl sites for hydroxylation is 1. The Kier molecular flexibility index (Phi) is 3.44. The molecule has 1 aliphatic heterocycles. The van der Waals surface area contributed by atoms with Crippen LogP contribution in [0.2, 0.25) is 0 Å². The van der Waals surface area contributed by atoms with Crippen LogP contribution in [0.15, 0.2) is 55.1 Å². The zero-order chi connectivity index (χ0) is 17.5. The highest BCUT2D eigenvalue weighted by Crippen LogP contribution is 2.27. The number of nitrogens with zero attached hydrogens (tertiary/aromatic N) is 6. The van der Waals surface area contributed by atoms with Crippen molar-refractivity contribution >= 4 is 11.5 Å². The summed E-state index contributed by atoms with van der Waals surface area (Å²) in [5.74, 6) is 0.731. The van der Waals surface area contributed by atoms with Crippen LogP contribution in [0, 0.1) is 5.82 Å². The Morgan fingerprint density at radius 3 is 2.81 bits per heavy atom. The van der Waals surface area contributed by atoms with Crippen molar-refractivity contribution in [3.8, 4) is 11.3 Å². The highest BCUT2D eigenvalue weighted by Gasteiger charge is 2.19. The van der Waals surface area contributed by atoms with E-state index in [1.54, 1.807) is 18.3 Å². The number of hydrogen-bond acceptors (Lipinski definition) is 4. The van der Waals surface area contributed by atoms with E-state index in [9.17, 15) is 4.39 Å². The molecule has 0 aliphatic carbocycles. The molecule has 0 radical (unpaired) electrons. The molecule has 130 valence electrons. The lowest BCUT2D eigenvalue weighted by molar-refractivity contribution is 0.628. The minimum Gasteiger partial charge on any atom is -0.350 e. The molecule has 1 aromatic carbocycles. The van der Waals surface area contributed by atoms with Crippen LogP contribution < -0.4 is 4.90 Å². The van der Waals surface area contributed by atoms with Gasteiger partial charge < -0.3 is 9.47 Å². The number of aromatic nitrogens is 5. The topological polar surface area (TPSA) is 51.2 Å². The van der Waals surface area contributed by atoms with Gasteiger partial charge in [0, 0.05) is 37.0 Å². The predicted molar refractivity (Wildman–Crippen MR) is 96.3 cm³/mol. The second-order valence-corrected chi connectivity index (χ2v) is 6.46. The maximum atomic E-state index is 13.3. The average Bonchev–Trinajstić information content (AvgIpc) is 3.26. The summed E-state index contributed by atoms with van der Waals surface area (Å²) in [6.07, 6.45) is 6.59. The van der Waals surface area contributed by atoms with Gasteiger partial charge in [-0.05, 0) is 30.7 Å². The Bertz CT molecular complexity index is 1070. The first-order valence-electron chi connectivity index (χ1n) is 8.63. The normalized spacial score (nSPS) is 14.4. The third-order valence-electron chi connectivity index (χ3n) is 4.78. The van der Waals surface area contributed by atoms with Gasteiger partial charge in [0.25, 0.3) is 0 Å². The summed E-state index contributed by atoms with van der Waals surface area (Å²) >= 11 is 0.